The Balaban J connectivity index is 1.32. The molecule has 5 rings (SSSR count). The van der Waals surface area contributed by atoms with Crippen LogP contribution in [-0.4, -0.2) is 25.8 Å². The predicted octanol–water partition coefficient (Wildman–Crippen LogP) is 5.34. The number of nitrogens with one attached hydrogen (secondary N) is 1. The van der Waals surface area contributed by atoms with Crippen molar-refractivity contribution in [1.29, 1.82) is 0 Å². The highest BCUT2D eigenvalue weighted by Crippen LogP contribution is 2.35. The Bertz CT molecular complexity index is 1350. The molecular formula is C25H22FN5O2. The Hall–Kier alpha value is -4.07. The number of rotatable bonds is 6. The maximum atomic E-state index is 14.7. The molecule has 4 aromatic rings. The Morgan fingerprint density at radius 3 is 2.79 bits per heavy atom. The molecule has 7 nitrogen and oxygen atoms in total. The van der Waals surface area contributed by atoms with Crippen molar-refractivity contribution in [2.45, 2.75) is 32.7 Å². The van der Waals surface area contributed by atoms with Crippen LogP contribution in [0.4, 0.5) is 10.1 Å². The number of halogens is 1. The van der Waals surface area contributed by atoms with E-state index in [1.807, 2.05) is 23.1 Å². The molecule has 3 aromatic heterocycles. The topological polar surface area (TPSA) is 85.8 Å². The molecule has 1 fully saturated rings. The summed E-state index contributed by atoms with van der Waals surface area (Å²) >= 11 is 0. The fourth-order valence-electron chi connectivity index (χ4n) is 3.83. The molecule has 0 saturated heterocycles. The first kappa shape index (κ1) is 20.8. The van der Waals surface area contributed by atoms with Gasteiger partial charge in [-0.05, 0) is 62.1 Å². The molecule has 8 heteroatoms. The van der Waals surface area contributed by atoms with Crippen LogP contribution in [-0.2, 0) is 4.79 Å². The molecule has 0 unspecified atom stereocenters. The smallest absolute Gasteiger partial charge is 0.248 e. The van der Waals surface area contributed by atoms with Gasteiger partial charge in [0.05, 0.1) is 23.6 Å². The average molecular weight is 443 g/mol. The molecular weight excluding hydrogens is 421 g/mol. The third kappa shape index (κ3) is 4.32. The van der Waals surface area contributed by atoms with E-state index in [1.165, 1.54) is 18.2 Å². The monoisotopic (exact) mass is 443 g/mol. The second-order valence-corrected chi connectivity index (χ2v) is 8.12. The molecule has 1 saturated carbocycles. The molecule has 1 aliphatic rings. The van der Waals surface area contributed by atoms with Crippen LogP contribution in [0.2, 0.25) is 0 Å². The Morgan fingerprint density at radius 2 is 2.06 bits per heavy atom. The number of hydrogen-bond acceptors (Lipinski definition) is 5. The SMILES string of the molecule is Cc1noc(C)c1-c1ccc(NC(=O)/C=C/c2cnccc2-c2cnn(C3CC3)c2)c(F)c1. The van der Waals surface area contributed by atoms with Crippen LogP contribution in [0.5, 0.6) is 0 Å². The third-order valence-electron chi connectivity index (χ3n) is 5.65. The first-order valence-electron chi connectivity index (χ1n) is 10.7. The van der Waals surface area contributed by atoms with Gasteiger partial charge in [-0.2, -0.15) is 5.10 Å². The van der Waals surface area contributed by atoms with E-state index in [-0.39, 0.29) is 5.69 Å². The maximum absolute atomic E-state index is 14.7. The Labute approximate surface area is 189 Å². The number of amides is 1. The number of aryl methyl sites for hydroxylation is 2. The van der Waals surface area contributed by atoms with Crippen molar-refractivity contribution in [2.24, 2.45) is 0 Å². The fraction of sp³-hybridized carbons (Fsp3) is 0.200. The van der Waals surface area contributed by atoms with Gasteiger partial charge in [-0.15, -0.1) is 0 Å². The molecule has 0 atom stereocenters. The van der Waals surface area contributed by atoms with Gasteiger partial charge in [0, 0.05) is 41.4 Å². The van der Waals surface area contributed by atoms with Gasteiger partial charge in [0.25, 0.3) is 0 Å². The second-order valence-electron chi connectivity index (χ2n) is 8.12. The molecule has 1 N–H and O–H groups in total. The number of anilines is 1. The van der Waals surface area contributed by atoms with Crippen LogP contribution in [0, 0.1) is 19.7 Å². The standard InChI is InChI=1S/C25H22FN5O2/c1-15-25(16(2)33-30-15)17-3-7-23(22(26)11-17)29-24(32)8-4-18-12-27-10-9-21(18)19-13-28-31(14-19)20-5-6-20/h3-4,7-14,20H,5-6H2,1-2H3,(H,29,32)/b8-4+. The first-order chi connectivity index (χ1) is 16.0. The van der Waals surface area contributed by atoms with E-state index in [0.29, 0.717) is 23.1 Å². The molecule has 0 bridgehead atoms. The van der Waals surface area contributed by atoms with E-state index in [1.54, 1.807) is 38.4 Å². The number of carbonyl (C=O) groups excluding carboxylic acids is 1. The zero-order valence-corrected chi connectivity index (χ0v) is 18.2. The molecule has 1 aromatic carbocycles. The van der Waals surface area contributed by atoms with Gasteiger partial charge >= 0.3 is 0 Å². The van der Waals surface area contributed by atoms with Crippen LogP contribution in [0.3, 0.4) is 0 Å². The lowest BCUT2D eigenvalue weighted by molar-refractivity contribution is -0.111. The zero-order valence-electron chi connectivity index (χ0n) is 18.2. The lowest BCUT2D eigenvalue weighted by atomic mass is 10.0. The quantitative estimate of drug-likeness (QED) is 0.407. The van der Waals surface area contributed by atoms with Crippen LogP contribution >= 0.6 is 0 Å². The van der Waals surface area contributed by atoms with Gasteiger partial charge in [-0.3, -0.25) is 14.5 Å². The number of nitrogens with zero attached hydrogens (tertiary/aromatic N) is 4. The molecule has 0 radical (unpaired) electrons. The van der Waals surface area contributed by atoms with Gasteiger partial charge in [0.1, 0.15) is 11.6 Å². The summed E-state index contributed by atoms with van der Waals surface area (Å²) in [6.45, 7) is 3.57. The summed E-state index contributed by atoms with van der Waals surface area (Å²) < 4.78 is 21.8. The van der Waals surface area contributed by atoms with Crippen LogP contribution < -0.4 is 5.32 Å². The molecule has 33 heavy (non-hydrogen) atoms. The number of benzene rings is 1. The highest BCUT2D eigenvalue weighted by Gasteiger charge is 2.24. The van der Waals surface area contributed by atoms with Crippen molar-refractivity contribution >= 4 is 17.7 Å². The normalized spacial score (nSPS) is 13.5. The summed E-state index contributed by atoms with van der Waals surface area (Å²) in [5.74, 6) is -0.368. The van der Waals surface area contributed by atoms with E-state index >= 15 is 0 Å². The lowest BCUT2D eigenvalue weighted by Crippen LogP contribution is -2.09. The van der Waals surface area contributed by atoms with Crippen LogP contribution in [0.1, 0.15) is 35.9 Å². The fourth-order valence-corrected chi connectivity index (χ4v) is 3.83. The van der Waals surface area contributed by atoms with Crippen molar-refractivity contribution in [2.75, 3.05) is 5.32 Å². The van der Waals surface area contributed by atoms with Crippen molar-refractivity contribution in [1.82, 2.24) is 19.9 Å². The molecule has 0 spiro atoms. The summed E-state index contributed by atoms with van der Waals surface area (Å²) in [5.41, 5.74) is 4.84. The van der Waals surface area contributed by atoms with Gasteiger partial charge < -0.3 is 9.84 Å². The van der Waals surface area contributed by atoms with Crippen molar-refractivity contribution in [3.05, 3.63) is 78.0 Å². The number of aromatic nitrogens is 4. The van der Waals surface area contributed by atoms with Gasteiger partial charge in [0.15, 0.2) is 0 Å². The number of carbonyl (C=O) groups is 1. The molecule has 1 amide bonds. The van der Waals surface area contributed by atoms with Gasteiger partial charge in [-0.1, -0.05) is 11.2 Å². The molecule has 3 heterocycles. The summed E-state index contributed by atoms with van der Waals surface area (Å²) in [5, 5.41) is 10.9. The van der Waals surface area contributed by atoms with Crippen LogP contribution in [0.15, 0.2) is 59.7 Å². The van der Waals surface area contributed by atoms with E-state index in [9.17, 15) is 9.18 Å². The highest BCUT2D eigenvalue weighted by molar-refractivity contribution is 6.02. The molecule has 0 aliphatic heterocycles. The lowest BCUT2D eigenvalue weighted by Gasteiger charge is -2.07. The average Bonchev–Trinajstić information content (AvgIpc) is 3.45. The van der Waals surface area contributed by atoms with Crippen molar-refractivity contribution in [3.8, 4) is 22.3 Å². The minimum absolute atomic E-state index is 0.0947. The molecule has 1 aliphatic carbocycles. The van der Waals surface area contributed by atoms with Crippen molar-refractivity contribution in [3.63, 3.8) is 0 Å². The minimum atomic E-state index is -0.538. The predicted molar refractivity (Wildman–Crippen MR) is 123 cm³/mol. The van der Waals surface area contributed by atoms with E-state index in [2.05, 4.69) is 20.6 Å². The van der Waals surface area contributed by atoms with Gasteiger partial charge in [-0.25, -0.2) is 4.39 Å². The summed E-state index contributed by atoms with van der Waals surface area (Å²) in [6, 6.07) is 7.00. The maximum Gasteiger partial charge on any atom is 0.248 e. The summed E-state index contributed by atoms with van der Waals surface area (Å²) in [6.07, 6.45) is 12.6. The summed E-state index contributed by atoms with van der Waals surface area (Å²) in [7, 11) is 0. The molecule has 166 valence electrons. The van der Waals surface area contributed by atoms with Crippen LogP contribution in [0.25, 0.3) is 28.3 Å². The second kappa shape index (κ2) is 8.46. The first-order valence-corrected chi connectivity index (χ1v) is 10.7. The third-order valence-corrected chi connectivity index (χ3v) is 5.65. The Morgan fingerprint density at radius 1 is 1.21 bits per heavy atom. The van der Waals surface area contributed by atoms with E-state index < -0.39 is 11.7 Å². The van der Waals surface area contributed by atoms with E-state index in [0.717, 1.165) is 35.1 Å². The summed E-state index contributed by atoms with van der Waals surface area (Å²) in [4.78, 5) is 16.6. The number of hydrogen-bond donors (Lipinski definition) is 1. The highest BCUT2D eigenvalue weighted by atomic mass is 19.1. The van der Waals surface area contributed by atoms with Crippen molar-refractivity contribution < 1.29 is 13.7 Å². The van der Waals surface area contributed by atoms with Gasteiger partial charge in [0.2, 0.25) is 5.91 Å². The largest absolute Gasteiger partial charge is 0.361 e. The minimum Gasteiger partial charge on any atom is -0.361 e. The van der Waals surface area contributed by atoms with E-state index in [4.69, 9.17) is 4.52 Å². The Kier molecular flexibility index (Phi) is 5.34. The number of pyridine rings is 1. The zero-order chi connectivity index (χ0) is 22.9.